The van der Waals surface area contributed by atoms with E-state index in [-0.39, 0.29) is 21.6 Å². The zero-order valence-corrected chi connectivity index (χ0v) is 11.8. The maximum absolute atomic E-state index is 12.0. The number of hydrogen-bond donors (Lipinski definition) is 2. The quantitative estimate of drug-likeness (QED) is 0.575. The molecule has 0 unspecified atom stereocenters. The van der Waals surface area contributed by atoms with E-state index in [9.17, 15) is 18.5 Å². The summed E-state index contributed by atoms with van der Waals surface area (Å²) in [5.41, 5.74) is 4.98. The summed E-state index contributed by atoms with van der Waals surface area (Å²) in [5.74, 6) is 0.287. The van der Waals surface area contributed by atoms with Gasteiger partial charge in [0.05, 0.1) is 11.5 Å². The molecule has 0 saturated heterocycles. The standard InChI is InChI=1S/C8H10N6O4S2/c1-13-4-10-6(12-13)3-11-20(17,18)7-2-5(14(15)16)8(9)19-7/h2,4,11H,3,9H2,1H3. The molecule has 0 atom stereocenters. The summed E-state index contributed by atoms with van der Waals surface area (Å²) in [7, 11) is -2.24. The van der Waals surface area contributed by atoms with Gasteiger partial charge in [-0.15, -0.1) is 0 Å². The van der Waals surface area contributed by atoms with Gasteiger partial charge in [0.25, 0.3) is 10.0 Å². The van der Waals surface area contributed by atoms with Crippen molar-refractivity contribution in [3.63, 3.8) is 0 Å². The molecule has 20 heavy (non-hydrogen) atoms. The maximum atomic E-state index is 12.0. The molecule has 10 nitrogen and oxygen atoms in total. The van der Waals surface area contributed by atoms with E-state index in [2.05, 4.69) is 14.8 Å². The Bertz CT molecular complexity index is 749. The minimum Gasteiger partial charge on any atom is -0.385 e. The monoisotopic (exact) mass is 318 g/mol. The van der Waals surface area contributed by atoms with E-state index >= 15 is 0 Å². The second kappa shape index (κ2) is 5.15. The summed E-state index contributed by atoms with van der Waals surface area (Å²) in [6.07, 6.45) is 1.43. The summed E-state index contributed by atoms with van der Waals surface area (Å²) in [5, 5.41) is 14.4. The Hall–Kier alpha value is -2.05. The molecule has 2 rings (SSSR count). The molecule has 2 heterocycles. The van der Waals surface area contributed by atoms with Gasteiger partial charge in [-0.1, -0.05) is 11.3 Å². The number of nitrogens with two attached hydrogens (primary N) is 1. The molecule has 0 aliphatic carbocycles. The Morgan fingerprint density at radius 1 is 1.60 bits per heavy atom. The molecule has 2 aromatic heterocycles. The number of rotatable bonds is 5. The largest absolute Gasteiger partial charge is 0.385 e. The average Bonchev–Trinajstić information content (AvgIpc) is 2.93. The number of nitrogens with one attached hydrogen (secondary N) is 1. The lowest BCUT2D eigenvalue weighted by molar-refractivity contribution is -0.383. The average molecular weight is 318 g/mol. The van der Waals surface area contributed by atoms with E-state index < -0.39 is 20.6 Å². The SMILES string of the molecule is Cn1cnc(CNS(=O)(=O)c2cc([N+](=O)[O-])c(N)s2)n1. The van der Waals surface area contributed by atoms with Crippen molar-refractivity contribution in [3.8, 4) is 0 Å². The number of aryl methyl sites for hydroxylation is 1. The molecule has 0 fully saturated rings. The van der Waals surface area contributed by atoms with Crippen LogP contribution in [0.5, 0.6) is 0 Å². The van der Waals surface area contributed by atoms with Crippen LogP contribution in [0.3, 0.4) is 0 Å². The van der Waals surface area contributed by atoms with E-state index in [0.717, 1.165) is 6.07 Å². The van der Waals surface area contributed by atoms with Crippen LogP contribution in [0.4, 0.5) is 10.7 Å². The van der Waals surface area contributed by atoms with E-state index in [4.69, 9.17) is 5.73 Å². The Morgan fingerprint density at radius 3 is 2.80 bits per heavy atom. The third-order valence-corrected chi connectivity index (χ3v) is 5.07. The highest BCUT2D eigenvalue weighted by molar-refractivity contribution is 7.91. The lowest BCUT2D eigenvalue weighted by atomic mass is 10.5. The lowest BCUT2D eigenvalue weighted by Crippen LogP contribution is -2.23. The highest BCUT2D eigenvalue weighted by Gasteiger charge is 2.24. The highest BCUT2D eigenvalue weighted by atomic mass is 32.2. The van der Waals surface area contributed by atoms with E-state index in [1.807, 2.05) is 0 Å². The predicted octanol–water partition coefficient (Wildman–Crippen LogP) is -0.154. The summed E-state index contributed by atoms with van der Waals surface area (Å²) >= 11 is 0.630. The minimum absolute atomic E-state index is 0.116. The van der Waals surface area contributed by atoms with E-state index in [1.54, 1.807) is 7.05 Å². The number of nitrogens with zero attached hydrogens (tertiary/aromatic N) is 4. The van der Waals surface area contributed by atoms with Crippen molar-refractivity contribution >= 4 is 32.0 Å². The highest BCUT2D eigenvalue weighted by Crippen LogP contribution is 2.34. The zero-order valence-electron chi connectivity index (χ0n) is 10.2. The van der Waals surface area contributed by atoms with Crippen LogP contribution in [0.1, 0.15) is 5.82 Å². The summed E-state index contributed by atoms with van der Waals surface area (Å²) in [6, 6.07) is 0.925. The minimum atomic E-state index is -3.89. The molecule has 3 N–H and O–H groups in total. The van der Waals surface area contributed by atoms with Crippen molar-refractivity contribution in [2.24, 2.45) is 7.05 Å². The Kier molecular flexibility index (Phi) is 3.69. The molecule has 0 saturated carbocycles. The van der Waals surface area contributed by atoms with Gasteiger partial charge in [0.1, 0.15) is 10.5 Å². The fourth-order valence-corrected chi connectivity index (χ4v) is 3.58. The molecule has 0 aliphatic heterocycles. The normalized spacial score (nSPS) is 11.7. The van der Waals surface area contributed by atoms with Crippen LogP contribution in [-0.2, 0) is 23.6 Å². The molecule has 0 bridgehead atoms. The van der Waals surface area contributed by atoms with Gasteiger partial charge in [-0.3, -0.25) is 14.8 Å². The number of anilines is 1. The third kappa shape index (κ3) is 2.92. The van der Waals surface area contributed by atoms with Gasteiger partial charge in [0, 0.05) is 13.1 Å². The van der Waals surface area contributed by atoms with Crippen molar-refractivity contribution < 1.29 is 13.3 Å². The maximum Gasteiger partial charge on any atom is 0.304 e. The summed E-state index contributed by atoms with van der Waals surface area (Å²) < 4.78 is 27.4. The van der Waals surface area contributed by atoms with Crippen molar-refractivity contribution in [1.82, 2.24) is 19.5 Å². The van der Waals surface area contributed by atoms with Crippen LogP contribution in [0.15, 0.2) is 16.6 Å². The van der Waals surface area contributed by atoms with E-state index in [1.165, 1.54) is 11.0 Å². The molecular formula is C8H10N6O4S2. The topological polar surface area (TPSA) is 146 Å². The number of aromatic nitrogens is 3. The molecule has 0 amide bonds. The Morgan fingerprint density at radius 2 is 2.30 bits per heavy atom. The number of nitro groups is 1. The van der Waals surface area contributed by atoms with Gasteiger partial charge < -0.3 is 5.73 Å². The van der Waals surface area contributed by atoms with E-state index in [0.29, 0.717) is 11.3 Å². The van der Waals surface area contributed by atoms with Gasteiger partial charge in [-0.25, -0.2) is 18.1 Å². The van der Waals surface area contributed by atoms with Gasteiger partial charge in [0.2, 0.25) is 0 Å². The van der Waals surface area contributed by atoms with Crippen LogP contribution in [0, 0.1) is 10.1 Å². The number of nitrogen functional groups attached to an aromatic ring is 1. The lowest BCUT2D eigenvalue weighted by Gasteiger charge is -2.00. The first-order chi connectivity index (χ1) is 9.29. The Labute approximate surface area is 117 Å². The number of sulfonamides is 1. The first-order valence-corrected chi connectivity index (χ1v) is 7.47. The molecular weight excluding hydrogens is 308 g/mol. The molecule has 12 heteroatoms. The molecule has 2 aromatic rings. The van der Waals surface area contributed by atoms with Crippen LogP contribution in [0.2, 0.25) is 0 Å². The van der Waals surface area contributed by atoms with Gasteiger partial charge in [-0.05, 0) is 0 Å². The zero-order chi connectivity index (χ0) is 14.9. The summed E-state index contributed by atoms with van der Waals surface area (Å²) in [6.45, 7) is -0.116. The molecule has 0 aliphatic rings. The fraction of sp³-hybridized carbons (Fsp3) is 0.250. The Balaban J connectivity index is 2.18. The molecule has 0 radical (unpaired) electrons. The van der Waals surface area contributed by atoms with Crippen molar-refractivity contribution in [2.75, 3.05) is 5.73 Å². The smallest absolute Gasteiger partial charge is 0.304 e. The fourth-order valence-electron chi connectivity index (χ4n) is 1.34. The molecule has 0 spiro atoms. The number of hydrogen-bond acceptors (Lipinski definition) is 8. The van der Waals surface area contributed by atoms with Crippen LogP contribution in [-0.4, -0.2) is 28.1 Å². The van der Waals surface area contributed by atoms with Gasteiger partial charge in [-0.2, -0.15) is 5.10 Å². The first-order valence-electron chi connectivity index (χ1n) is 5.17. The predicted molar refractivity (Wildman–Crippen MR) is 70.4 cm³/mol. The van der Waals surface area contributed by atoms with Crippen molar-refractivity contribution in [1.29, 1.82) is 0 Å². The van der Waals surface area contributed by atoms with Crippen LogP contribution < -0.4 is 10.5 Å². The molecule has 108 valence electrons. The first kappa shape index (κ1) is 14.4. The molecule has 0 aromatic carbocycles. The van der Waals surface area contributed by atoms with Gasteiger partial charge in [0.15, 0.2) is 10.8 Å². The van der Waals surface area contributed by atoms with Crippen molar-refractivity contribution in [3.05, 3.63) is 28.3 Å². The third-order valence-electron chi connectivity index (χ3n) is 2.25. The van der Waals surface area contributed by atoms with Gasteiger partial charge >= 0.3 is 5.69 Å². The van der Waals surface area contributed by atoms with Crippen LogP contribution in [0.25, 0.3) is 0 Å². The second-order valence-electron chi connectivity index (χ2n) is 3.73. The summed E-state index contributed by atoms with van der Waals surface area (Å²) in [4.78, 5) is 13.8. The second-order valence-corrected chi connectivity index (χ2v) is 6.81. The number of thiophene rings is 1. The van der Waals surface area contributed by atoms with Crippen LogP contribution >= 0.6 is 11.3 Å². The van der Waals surface area contributed by atoms with Crippen molar-refractivity contribution in [2.45, 2.75) is 10.8 Å².